The highest BCUT2D eigenvalue weighted by Gasteiger charge is 2.43. The van der Waals surface area contributed by atoms with Crippen LogP contribution in [0.1, 0.15) is 32.1 Å². The van der Waals surface area contributed by atoms with E-state index in [2.05, 4.69) is 0 Å². The standard InChI is InChI=1S/C13H18F3NO/c14-13(15,16)11-7-4-8-17(9-11)12(18)10-5-2-1-3-6-10/h1-2,10-11H,3-9H2. The highest BCUT2D eigenvalue weighted by Crippen LogP contribution is 2.34. The number of alkyl halides is 3. The van der Waals surface area contributed by atoms with Gasteiger partial charge in [0.05, 0.1) is 5.92 Å². The van der Waals surface area contributed by atoms with Crippen molar-refractivity contribution in [2.75, 3.05) is 13.1 Å². The molecule has 0 aromatic heterocycles. The second kappa shape index (κ2) is 5.33. The number of rotatable bonds is 1. The van der Waals surface area contributed by atoms with Crippen molar-refractivity contribution in [3.05, 3.63) is 12.2 Å². The molecule has 0 aromatic rings. The van der Waals surface area contributed by atoms with Crippen molar-refractivity contribution in [2.45, 2.75) is 38.3 Å². The van der Waals surface area contributed by atoms with Crippen molar-refractivity contribution in [1.82, 2.24) is 4.90 Å². The summed E-state index contributed by atoms with van der Waals surface area (Å²) in [4.78, 5) is 13.6. The van der Waals surface area contributed by atoms with E-state index in [1.807, 2.05) is 12.2 Å². The highest BCUT2D eigenvalue weighted by molar-refractivity contribution is 5.79. The van der Waals surface area contributed by atoms with Gasteiger partial charge in [-0.2, -0.15) is 13.2 Å². The van der Waals surface area contributed by atoms with Crippen LogP contribution in [0.5, 0.6) is 0 Å². The number of likely N-dealkylation sites (tertiary alicyclic amines) is 1. The molecular weight excluding hydrogens is 243 g/mol. The van der Waals surface area contributed by atoms with Crippen LogP contribution in [0.15, 0.2) is 12.2 Å². The molecule has 102 valence electrons. The van der Waals surface area contributed by atoms with Crippen LogP contribution in [0, 0.1) is 11.8 Å². The lowest BCUT2D eigenvalue weighted by Crippen LogP contribution is -2.46. The molecule has 0 bridgehead atoms. The molecular formula is C13H18F3NO. The van der Waals surface area contributed by atoms with Crippen molar-refractivity contribution < 1.29 is 18.0 Å². The Labute approximate surface area is 105 Å². The summed E-state index contributed by atoms with van der Waals surface area (Å²) >= 11 is 0. The molecule has 0 aromatic carbocycles. The monoisotopic (exact) mass is 261 g/mol. The quantitative estimate of drug-likeness (QED) is 0.664. The van der Waals surface area contributed by atoms with E-state index in [0.717, 1.165) is 12.8 Å². The van der Waals surface area contributed by atoms with Crippen molar-refractivity contribution in [1.29, 1.82) is 0 Å². The van der Waals surface area contributed by atoms with E-state index in [1.165, 1.54) is 4.90 Å². The molecule has 1 aliphatic heterocycles. The Morgan fingerprint density at radius 1 is 1.22 bits per heavy atom. The van der Waals surface area contributed by atoms with Gasteiger partial charge in [0, 0.05) is 19.0 Å². The largest absolute Gasteiger partial charge is 0.393 e. The number of allylic oxidation sites excluding steroid dienone is 2. The van der Waals surface area contributed by atoms with Crippen LogP contribution in [0.25, 0.3) is 0 Å². The zero-order valence-corrected chi connectivity index (χ0v) is 10.2. The molecule has 2 atom stereocenters. The van der Waals surface area contributed by atoms with Gasteiger partial charge in [0.2, 0.25) is 5.91 Å². The summed E-state index contributed by atoms with van der Waals surface area (Å²) in [5.74, 6) is -1.54. The predicted molar refractivity (Wildman–Crippen MR) is 61.8 cm³/mol. The van der Waals surface area contributed by atoms with Crippen LogP contribution in [0.2, 0.25) is 0 Å². The van der Waals surface area contributed by atoms with Crippen LogP contribution < -0.4 is 0 Å². The van der Waals surface area contributed by atoms with Crippen molar-refractivity contribution in [3.8, 4) is 0 Å². The van der Waals surface area contributed by atoms with E-state index in [-0.39, 0.29) is 24.8 Å². The van der Waals surface area contributed by atoms with Gasteiger partial charge in [-0.3, -0.25) is 4.79 Å². The fraction of sp³-hybridized carbons (Fsp3) is 0.769. The molecule has 0 spiro atoms. The first kappa shape index (κ1) is 13.4. The van der Waals surface area contributed by atoms with E-state index in [0.29, 0.717) is 19.4 Å². The number of halogens is 3. The highest BCUT2D eigenvalue weighted by atomic mass is 19.4. The van der Waals surface area contributed by atoms with E-state index < -0.39 is 12.1 Å². The van der Waals surface area contributed by atoms with Crippen LogP contribution in [0.3, 0.4) is 0 Å². The number of carbonyl (C=O) groups is 1. The lowest BCUT2D eigenvalue weighted by atomic mass is 9.91. The topological polar surface area (TPSA) is 20.3 Å². The van der Waals surface area contributed by atoms with E-state index >= 15 is 0 Å². The SMILES string of the molecule is O=C(C1CC=CCC1)N1CCCC(C(F)(F)F)C1. The Kier molecular flexibility index (Phi) is 3.97. The summed E-state index contributed by atoms with van der Waals surface area (Å²) in [5, 5.41) is 0. The number of piperidine rings is 1. The summed E-state index contributed by atoms with van der Waals surface area (Å²) in [6, 6.07) is 0. The summed E-state index contributed by atoms with van der Waals surface area (Å²) in [5.41, 5.74) is 0. The Morgan fingerprint density at radius 2 is 2.00 bits per heavy atom. The third-order valence-electron chi connectivity index (χ3n) is 3.81. The number of nitrogens with zero attached hydrogens (tertiary/aromatic N) is 1. The second-order valence-electron chi connectivity index (χ2n) is 5.15. The van der Waals surface area contributed by atoms with Crippen molar-refractivity contribution >= 4 is 5.91 Å². The molecule has 0 radical (unpaired) electrons. The Balaban J connectivity index is 1.96. The van der Waals surface area contributed by atoms with Crippen molar-refractivity contribution in [2.24, 2.45) is 11.8 Å². The Morgan fingerprint density at radius 3 is 2.61 bits per heavy atom. The van der Waals surface area contributed by atoms with Gasteiger partial charge in [0.25, 0.3) is 0 Å². The maximum atomic E-state index is 12.7. The molecule has 1 saturated heterocycles. The Hall–Kier alpha value is -1.00. The third-order valence-corrected chi connectivity index (χ3v) is 3.81. The van der Waals surface area contributed by atoms with Gasteiger partial charge >= 0.3 is 6.18 Å². The van der Waals surface area contributed by atoms with E-state index in [9.17, 15) is 18.0 Å². The van der Waals surface area contributed by atoms with E-state index in [1.54, 1.807) is 0 Å². The maximum absolute atomic E-state index is 12.7. The van der Waals surface area contributed by atoms with Gasteiger partial charge in [-0.25, -0.2) is 0 Å². The molecule has 2 nitrogen and oxygen atoms in total. The van der Waals surface area contributed by atoms with Crippen LogP contribution >= 0.6 is 0 Å². The summed E-state index contributed by atoms with van der Waals surface area (Å²) in [6.07, 6.45) is 2.71. The molecule has 1 fully saturated rings. The molecule has 2 unspecified atom stereocenters. The van der Waals surface area contributed by atoms with Crippen LogP contribution in [-0.4, -0.2) is 30.1 Å². The molecule has 0 N–H and O–H groups in total. The lowest BCUT2D eigenvalue weighted by Gasteiger charge is -2.36. The third kappa shape index (κ3) is 3.06. The van der Waals surface area contributed by atoms with Crippen LogP contribution in [-0.2, 0) is 4.79 Å². The number of amides is 1. The second-order valence-corrected chi connectivity index (χ2v) is 5.15. The molecule has 18 heavy (non-hydrogen) atoms. The lowest BCUT2D eigenvalue weighted by molar-refractivity contribution is -0.188. The van der Waals surface area contributed by atoms with Gasteiger partial charge in [0.1, 0.15) is 0 Å². The summed E-state index contributed by atoms with van der Waals surface area (Å²) in [6.45, 7) is 0.328. The number of hydrogen-bond donors (Lipinski definition) is 0. The summed E-state index contributed by atoms with van der Waals surface area (Å²) in [7, 11) is 0. The fourth-order valence-electron chi connectivity index (χ4n) is 2.72. The van der Waals surface area contributed by atoms with Crippen LogP contribution in [0.4, 0.5) is 13.2 Å². The smallest absolute Gasteiger partial charge is 0.342 e. The first-order valence-electron chi connectivity index (χ1n) is 6.49. The fourth-order valence-corrected chi connectivity index (χ4v) is 2.72. The van der Waals surface area contributed by atoms with Gasteiger partial charge in [-0.1, -0.05) is 12.2 Å². The summed E-state index contributed by atoms with van der Waals surface area (Å²) < 4.78 is 38.0. The molecule has 0 saturated carbocycles. The van der Waals surface area contributed by atoms with E-state index in [4.69, 9.17) is 0 Å². The number of carbonyl (C=O) groups excluding carboxylic acids is 1. The normalized spacial score (nSPS) is 29.4. The predicted octanol–water partition coefficient (Wildman–Crippen LogP) is 3.14. The minimum absolute atomic E-state index is 0.0895. The Bertz CT molecular complexity index is 338. The molecule has 1 amide bonds. The van der Waals surface area contributed by atoms with Gasteiger partial charge < -0.3 is 4.90 Å². The average molecular weight is 261 g/mol. The minimum Gasteiger partial charge on any atom is -0.342 e. The zero-order valence-electron chi connectivity index (χ0n) is 10.2. The minimum atomic E-state index is -4.18. The number of hydrogen-bond acceptors (Lipinski definition) is 1. The van der Waals surface area contributed by atoms with Gasteiger partial charge in [0.15, 0.2) is 0 Å². The first-order chi connectivity index (χ1) is 8.48. The molecule has 5 heteroatoms. The van der Waals surface area contributed by atoms with Gasteiger partial charge in [-0.05, 0) is 32.1 Å². The molecule has 2 rings (SSSR count). The zero-order chi connectivity index (χ0) is 13.2. The maximum Gasteiger partial charge on any atom is 0.393 e. The average Bonchev–Trinajstić information content (AvgIpc) is 2.38. The molecule has 2 aliphatic rings. The van der Waals surface area contributed by atoms with Crippen molar-refractivity contribution in [3.63, 3.8) is 0 Å². The molecule has 1 aliphatic carbocycles. The molecule has 1 heterocycles. The first-order valence-corrected chi connectivity index (χ1v) is 6.49. The van der Waals surface area contributed by atoms with Gasteiger partial charge in [-0.15, -0.1) is 0 Å².